The van der Waals surface area contributed by atoms with Crippen LogP contribution in [0.3, 0.4) is 0 Å². The van der Waals surface area contributed by atoms with E-state index in [1.165, 1.54) is 76.6 Å². The van der Waals surface area contributed by atoms with E-state index in [-0.39, 0.29) is 60.9 Å². The maximum absolute atomic E-state index is 11.6. The largest absolute Gasteiger partial charge is 0.512 e. The van der Waals surface area contributed by atoms with Gasteiger partial charge in [-0.2, -0.15) is 0 Å². The van der Waals surface area contributed by atoms with Crippen LogP contribution in [0.2, 0.25) is 0 Å². The van der Waals surface area contributed by atoms with E-state index in [1.54, 1.807) is 12.2 Å². The Morgan fingerprint density at radius 1 is 0.692 bits per heavy atom. The van der Waals surface area contributed by atoms with Crippen LogP contribution < -0.4 is 21.7 Å². The van der Waals surface area contributed by atoms with Crippen LogP contribution in [0.15, 0.2) is 93.7 Å². The Labute approximate surface area is 254 Å². The number of aliphatic hydroxyl groups is 2. The fourth-order valence-corrected chi connectivity index (χ4v) is 2.56. The van der Waals surface area contributed by atoms with E-state index in [0.29, 0.717) is 21.2 Å². The molecule has 0 saturated heterocycles. The van der Waals surface area contributed by atoms with E-state index >= 15 is 0 Å². The fourth-order valence-electron chi connectivity index (χ4n) is 2.23. The molecular formula is C25H28Cl2N4O7Zr. The first kappa shape index (κ1) is 37.7. The number of carbonyl (C=O) groups is 5. The number of urea groups is 1. The van der Waals surface area contributed by atoms with Gasteiger partial charge in [0.25, 0.3) is 0 Å². The van der Waals surface area contributed by atoms with Gasteiger partial charge in [0.15, 0.2) is 23.1 Å². The summed E-state index contributed by atoms with van der Waals surface area (Å²) in [6.07, 6.45) is 13.6. The molecule has 0 atom stereocenters. The minimum atomic E-state index is -0.634. The molecule has 0 aromatic rings. The SMILES string of the molecule is CC(=O)/C=C(/C)O.CC(=O)/C=C(/C)O.O=C(NN/C=C1/C=CC(Cl)=CC1=O)NN/C=C1/C=CC(Cl)=CC1=O.[Zr]. The second-order valence-corrected chi connectivity index (χ2v) is 8.19. The van der Waals surface area contributed by atoms with Gasteiger partial charge < -0.3 is 21.1 Å². The van der Waals surface area contributed by atoms with E-state index in [1.807, 2.05) is 0 Å². The van der Waals surface area contributed by atoms with Crippen molar-refractivity contribution in [2.45, 2.75) is 27.7 Å². The zero-order valence-electron chi connectivity index (χ0n) is 21.5. The van der Waals surface area contributed by atoms with E-state index < -0.39 is 6.03 Å². The zero-order valence-corrected chi connectivity index (χ0v) is 25.4. The number of hydrogen-bond donors (Lipinski definition) is 6. The van der Waals surface area contributed by atoms with Gasteiger partial charge in [-0.25, -0.2) is 4.79 Å². The van der Waals surface area contributed by atoms with E-state index in [0.717, 1.165) is 0 Å². The third-order valence-corrected chi connectivity index (χ3v) is 4.07. The van der Waals surface area contributed by atoms with E-state index in [2.05, 4.69) is 21.7 Å². The average Bonchev–Trinajstić information content (AvgIpc) is 2.76. The van der Waals surface area contributed by atoms with Crippen molar-refractivity contribution in [3.8, 4) is 0 Å². The first-order valence-corrected chi connectivity index (χ1v) is 11.4. The molecule has 2 aliphatic carbocycles. The van der Waals surface area contributed by atoms with Crippen molar-refractivity contribution in [3.63, 3.8) is 0 Å². The third kappa shape index (κ3) is 20.2. The molecular weight excluding hydrogens is 630 g/mol. The van der Waals surface area contributed by atoms with Crippen LogP contribution in [-0.4, -0.2) is 39.4 Å². The topological polar surface area (TPSA) is 174 Å². The summed E-state index contributed by atoms with van der Waals surface area (Å²) in [6, 6.07) is -0.634. The number of ketones is 4. The summed E-state index contributed by atoms with van der Waals surface area (Å²) in [7, 11) is 0. The van der Waals surface area contributed by atoms with Crippen LogP contribution in [0.4, 0.5) is 4.79 Å². The summed E-state index contributed by atoms with van der Waals surface area (Å²) in [6.45, 7) is 5.70. The number of nitrogens with one attached hydrogen (secondary N) is 4. The molecule has 0 aliphatic heterocycles. The quantitative estimate of drug-likeness (QED) is 0.141. The van der Waals surface area contributed by atoms with Crippen molar-refractivity contribution in [2.24, 2.45) is 0 Å². The van der Waals surface area contributed by atoms with Crippen LogP contribution in [0.5, 0.6) is 0 Å². The number of carbonyl (C=O) groups excluding carboxylic acids is 5. The number of hydrogen-bond acceptors (Lipinski definition) is 9. The van der Waals surface area contributed by atoms with Gasteiger partial charge in [0.2, 0.25) is 0 Å². The molecule has 0 unspecified atom stereocenters. The summed E-state index contributed by atoms with van der Waals surface area (Å²) in [5, 5.41) is 17.4. The minimum absolute atomic E-state index is 0. The predicted octanol–water partition coefficient (Wildman–Crippen LogP) is 3.66. The Morgan fingerprint density at radius 2 is 1.03 bits per heavy atom. The Balaban J connectivity index is 0. The molecule has 6 N–H and O–H groups in total. The third-order valence-electron chi connectivity index (χ3n) is 3.60. The van der Waals surface area contributed by atoms with Crippen LogP contribution >= 0.6 is 23.2 Å². The summed E-state index contributed by atoms with van der Waals surface area (Å²) >= 11 is 11.3. The van der Waals surface area contributed by atoms with Crippen molar-refractivity contribution in [1.82, 2.24) is 21.7 Å². The van der Waals surface area contributed by atoms with Crippen LogP contribution in [0.25, 0.3) is 0 Å². The van der Waals surface area contributed by atoms with Crippen molar-refractivity contribution in [3.05, 3.63) is 93.7 Å². The Hall–Kier alpha value is -3.47. The minimum Gasteiger partial charge on any atom is -0.512 e. The summed E-state index contributed by atoms with van der Waals surface area (Å²) in [4.78, 5) is 54.7. The van der Waals surface area contributed by atoms with Crippen molar-refractivity contribution in [1.29, 1.82) is 0 Å². The number of aliphatic hydroxyl groups excluding tert-OH is 2. The molecule has 0 heterocycles. The van der Waals surface area contributed by atoms with Gasteiger partial charge in [-0.05, 0) is 52.0 Å². The molecule has 39 heavy (non-hydrogen) atoms. The maximum Gasteiger partial charge on any atom is 0.351 e. The second-order valence-electron chi connectivity index (χ2n) is 7.31. The monoisotopic (exact) mass is 656 g/mol. The van der Waals surface area contributed by atoms with Gasteiger partial charge in [0.1, 0.15) is 0 Å². The Kier molecular flexibility index (Phi) is 19.8. The molecule has 2 rings (SSSR count). The van der Waals surface area contributed by atoms with Gasteiger partial charge >= 0.3 is 6.03 Å². The smallest absolute Gasteiger partial charge is 0.351 e. The van der Waals surface area contributed by atoms with Crippen molar-refractivity contribution < 1.29 is 60.4 Å². The van der Waals surface area contributed by atoms with Gasteiger partial charge in [-0.3, -0.25) is 30.0 Å². The van der Waals surface area contributed by atoms with E-state index in [4.69, 9.17) is 33.4 Å². The zero-order chi connectivity index (χ0) is 29.3. The maximum atomic E-state index is 11.6. The van der Waals surface area contributed by atoms with Gasteiger partial charge in [-0.1, -0.05) is 23.2 Å². The molecule has 0 fully saturated rings. The molecule has 0 saturated carbocycles. The van der Waals surface area contributed by atoms with Crippen molar-refractivity contribution in [2.75, 3.05) is 0 Å². The summed E-state index contributed by atoms with van der Waals surface area (Å²) < 4.78 is 0. The van der Waals surface area contributed by atoms with E-state index in [9.17, 15) is 24.0 Å². The van der Waals surface area contributed by atoms with Gasteiger partial charge in [0, 0.05) is 84.1 Å². The Morgan fingerprint density at radius 3 is 1.26 bits per heavy atom. The summed E-state index contributed by atoms with van der Waals surface area (Å²) in [5.74, 6) is -0.691. The van der Waals surface area contributed by atoms with Gasteiger partial charge in [-0.15, -0.1) is 0 Å². The predicted molar refractivity (Wildman–Crippen MR) is 144 cm³/mol. The normalized spacial score (nSPS) is 16.4. The summed E-state index contributed by atoms with van der Waals surface area (Å²) in [5.41, 5.74) is 10.1. The molecule has 208 valence electrons. The Bertz CT molecular complexity index is 1100. The number of allylic oxidation sites excluding steroid dienone is 14. The molecule has 2 aliphatic rings. The molecule has 2 amide bonds. The molecule has 0 aromatic carbocycles. The standard InChI is InChI=1S/C15H12Cl2N4O3.2C5H8O2.Zr/c16-11-3-1-9(13(22)5-11)7-18-20-15(24)21-19-8-10-2-4-12(17)6-14(10)23;2*1-4(6)3-5(2)7;/h1-8,18-19H,(H2,20,21,24);2*3,6H,1-2H3;/b9-7-,10-8-;2*4-3-;. The van der Waals surface area contributed by atoms with Crippen LogP contribution in [0.1, 0.15) is 27.7 Å². The molecule has 0 radical (unpaired) electrons. The fraction of sp³-hybridized carbons (Fsp3) is 0.160. The molecule has 11 nitrogen and oxygen atoms in total. The molecule has 14 heteroatoms. The number of rotatable bonds is 6. The molecule has 0 aromatic heterocycles. The number of amides is 2. The first-order chi connectivity index (χ1) is 17.7. The van der Waals surface area contributed by atoms with Crippen molar-refractivity contribution >= 4 is 52.4 Å². The van der Waals surface area contributed by atoms with Gasteiger partial charge in [0.05, 0.1) is 11.5 Å². The van der Waals surface area contributed by atoms with Crippen LogP contribution in [0, 0.1) is 0 Å². The molecule has 0 bridgehead atoms. The molecule has 0 spiro atoms. The van der Waals surface area contributed by atoms with Crippen LogP contribution in [-0.2, 0) is 45.4 Å². The number of hydrazine groups is 2. The second kappa shape index (κ2) is 20.5. The average molecular weight is 659 g/mol. The first-order valence-electron chi connectivity index (χ1n) is 10.6. The number of halogens is 2.